The van der Waals surface area contributed by atoms with Crippen molar-refractivity contribution in [2.75, 3.05) is 0 Å². The highest BCUT2D eigenvalue weighted by atomic mass is 35.5. The van der Waals surface area contributed by atoms with Crippen molar-refractivity contribution in [1.29, 1.82) is 0 Å². The molecule has 0 aromatic heterocycles. The summed E-state index contributed by atoms with van der Waals surface area (Å²) < 4.78 is 5.20. The second-order valence-corrected chi connectivity index (χ2v) is 7.39. The molecule has 0 radical (unpaired) electrons. The predicted octanol–water partition coefficient (Wildman–Crippen LogP) is 6.83. The molecule has 6 nitrogen and oxygen atoms in total. The SMILES string of the molecule is Cc1c(Cl)cccc1N=Cc1ccc(OC(=O)c2ccc(Cl)cc2Cl)c([N+](=O)[O-])c1. The van der Waals surface area contributed by atoms with Gasteiger partial charge in [0.25, 0.3) is 0 Å². The largest absolute Gasteiger partial charge is 0.416 e. The number of nitrogens with zero attached hydrogens (tertiary/aromatic N) is 2. The number of hydrogen-bond donors (Lipinski definition) is 0. The molecule has 0 unspecified atom stereocenters. The van der Waals surface area contributed by atoms with Gasteiger partial charge in [0.05, 0.1) is 21.2 Å². The maximum absolute atomic E-state index is 12.4. The molecule has 30 heavy (non-hydrogen) atoms. The summed E-state index contributed by atoms with van der Waals surface area (Å²) in [4.78, 5) is 27.5. The van der Waals surface area contributed by atoms with Crippen LogP contribution in [-0.2, 0) is 0 Å². The highest BCUT2D eigenvalue weighted by Gasteiger charge is 2.21. The minimum absolute atomic E-state index is 0.0393. The van der Waals surface area contributed by atoms with E-state index in [0.29, 0.717) is 21.3 Å². The van der Waals surface area contributed by atoms with Crippen molar-refractivity contribution in [3.8, 4) is 5.75 Å². The average Bonchev–Trinajstić information content (AvgIpc) is 2.69. The molecular formula is C21H13Cl3N2O4. The number of nitro benzene ring substituents is 1. The zero-order chi connectivity index (χ0) is 21.8. The van der Waals surface area contributed by atoms with Crippen LogP contribution in [0.5, 0.6) is 5.75 Å². The molecule has 0 saturated carbocycles. The first-order valence-electron chi connectivity index (χ1n) is 8.51. The highest BCUT2D eigenvalue weighted by Crippen LogP contribution is 2.30. The van der Waals surface area contributed by atoms with Crippen LogP contribution in [0.2, 0.25) is 15.1 Å². The van der Waals surface area contributed by atoms with Crippen molar-refractivity contribution >= 4 is 58.4 Å². The molecule has 0 spiro atoms. The molecule has 3 aromatic rings. The van der Waals surface area contributed by atoms with Gasteiger partial charge in [0.2, 0.25) is 5.75 Å². The van der Waals surface area contributed by atoms with E-state index in [1.54, 1.807) is 24.3 Å². The van der Waals surface area contributed by atoms with Gasteiger partial charge in [-0.2, -0.15) is 0 Å². The Morgan fingerprint density at radius 2 is 1.83 bits per heavy atom. The number of aliphatic imine (C=N–C) groups is 1. The Hall–Kier alpha value is -2.93. The summed E-state index contributed by atoms with van der Waals surface area (Å²) in [7, 11) is 0. The molecule has 9 heteroatoms. The summed E-state index contributed by atoms with van der Waals surface area (Å²) in [6.45, 7) is 1.82. The number of rotatable bonds is 5. The molecule has 3 aromatic carbocycles. The van der Waals surface area contributed by atoms with Crippen LogP contribution < -0.4 is 4.74 Å². The van der Waals surface area contributed by atoms with Crippen molar-refractivity contribution in [2.24, 2.45) is 4.99 Å². The first-order chi connectivity index (χ1) is 14.3. The molecule has 0 N–H and O–H groups in total. The van der Waals surface area contributed by atoms with Crippen LogP contribution in [-0.4, -0.2) is 17.1 Å². The van der Waals surface area contributed by atoms with Gasteiger partial charge in [0, 0.05) is 22.3 Å². The van der Waals surface area contributed by atoms with Crippen molar-refractivity contribution < 1.29 is 14.5 Å². The van der Waals surface area contributed by atoms with Crippen LogP contribution in [0.3, 0.4) is 0 Å². The second kappa shape index (κ2) is 9.26. The summed E-state index contributed by atoms with van der Waals surface area (Å²) in [6, 6.07) is 13.6. The van der Waals surface area contributed by atoms with E-state index in [2.05, 4.69) is 4.99 Å². The quantitative estimate of drug-likeness (QED) is 0.136. The van der Waals surface area contributed by atoms with Gasteiger partial charge >= 0.3 is 11.7 Å². The normalized spacial score (nSPS) is 10.9. The first-order valence-corrected chi connectivity index (χ1v) is 9.64. The van der Waals surface area contributed by atoms with Gasteiger partial charge in [-0.3, -0.25) is 15.1 Å². The first kappa shape index (κ1) is 21.8. The lowest BCUT2D eigenvalue weighted by Gasteiger charge is -2.07. The van der Waals surface area contributed by atoms with Crippen LogP contribution in [0, 0.1) is 17.0 Å². The van der Waals surface area contributed by atoms with Crippen LogP contribution >= 0.6 is 34.8 Å². The van der Waals surface area contributed by atoms with Gasteiger partial charge in [0.15, 0.2) is 0 Å². The fourth-order valence-electron chi connectivity index (χ4n) is 2.53. The number of esters is 1. The summed E-state index contributed by atoms with van der Waals surface area (Å²) >= 11 is 17.9. The van der Waals surface area contributed by atoms with E-state index in [-0.39, 0.29) is 22.0 Å². The molecule has 0 fully saturated rings. The number of hydrogen-bond acceptors (Lipinski definition) is 5. The van der Waals surface area contributed by atoms with Crippen molar-refractivity contribution in [3.63, 3.8) is 0 Å². The standard InChI is InChI=1S/C21H13Cl3N2O4/c1-12-16(23)3-2-4-18(12)25-11-13-5-8-20(19(9-13)26(28)29)30-21(27)15-7-6-14(22)10-17(15)24/h2-11H,1H3. The summed E-state index contributed by atoms with van der Waals surface area (Å²) in [5, 5.41) is 12.5. The molecule has 3 rings (SSSR count). The maximum Gasteiger partial charge on any atom is 0.345 e. The zero-order valence-electron chi connectivity index (χ0n) is 15.4. The Labute approximate surface area is 186 Å². The summed E-state index contributed by atoms with van der Waals surface area (Å²) in [5.74, 6) is -1.05. The molecule has 0 aliphatic rings. The Morgan fingerprint density at radius 3 is 2.53 bits per heavy atom. The van der Waals surface area contributed by atoms with Gasteiger partial charge in [-0.1, -0.05) is 40.9 Å². The third-order valence-corrected chi connectivity index (χ3v) is 5.08. The molecule has 0 aliphatic heterocycles. The number of ether oxygens (including phenoxy) is 1. The molecule has 0 amide bonds. The van der Waals surface area contributed by atoms with Crippen molar-refractivity contribution in [3.05, 3.63) is 96.5 Å². The van der Waals surface area contributed by atoms with E-state index in [1.807, 2.05) is 6.92 Å². The molecule has 0 atom stereocenters. The van der Waals surface area contributed by atoms with Crippen LogP contribution in [0.25, 0.3) is 0 Å². The van der Waals surface area contributed by atoms with E-state index in [4.69, 9.17) is 39.5 Å². The predicted molar refractivity (Wildman–Crippen MR) is 118 cm³/mol. The Balaban J connectivity index is 1.88. The fourth-order valence-corrected chi connectivity index (χ4v) is 3.19. The smallest absolute Gasteiger partial charge is 0.345 e. The number of carbonyl (C=O) groups is 1. The third kappa shape index (κ3) is 4.97. The summed E-state index contributed by atoms with van der Waals surface area (Å²) in [5.41, 5.74) is 1.52. The van der Waals surface area contributed by atoms with Gasteiger partial charge in [-0.05, 0) is 60.5 Å². The minimum atomic E-state index is -0.837. The monoisotopic (exact) mass is 462 g/mol. The van der Waals surface area contributed by atoms with Crippen molar-refractivity contribution in [1.82, 2.24) is 0 Å². The van der Waals surface area contributed by atoms with E-state index < -0.39 is 10.9 Å². The molecule has 0 bridgehead atoms. The molecule has 0 aliphatic carbocycles. The van der Waals surface area contributed by atoms with Crippen LogP contribution in [0.15, 0.2) is 59.6 Å². The molecule has 152 valence electrons. The van der Waals surface area contributed by atoms with Gasteiger partial charge in [-0.25, -0.2) is 4.79 Å². The number of carbonyl (C=O) groups excluding carboxylic acids is 1. The van der Waals surface area contributed by atoms with E-state index >= 15 is 0 Å². The van der Waals surface area contributed by atoms with Gasteiger partial charge < -0.3 is 4.74 Å². The van der Waals surface area contributed by atoms with Gasteiger partial charge in [-0.15, -0.1) is 0 Å². The Bertz CT molecular complexity index is 1180. The average molecular weight is 464 g/mol. The highest BCUT2D eigenvalue weighted by molar-refractivity contribution is 6.36. The second-order valence-electron chi connectivity index (χ2n) is 6.14. The summed E-state index contributed by atoms with van der Waals surface area (Å²) in [6.07, 6.45) is 1.47. The lowest BCUT2D eigenvalue weighted by Crippen LogP contribution is -2.10. The van der Waals surface area contributed by atoms with Crippen LogP contribution in [0.4, 0.5) is 11.4 Å². The molecule has 0 heterocycles. The number of nitro groups is 1. The fraction of sp³-hybridized carbons (Fsp3) is 0.0476. The Kier molecular flexibility index (Phi) is 6.72. The topological polar surface area (TPSA) is 81.8 Å². The molecular weight excluding hydrogens is 451 g/mol. The maximum atomic E-state index is 12.4. The molecule has 0 saturated heterocycles. The lowest BCUT2D eigenvalue weighted by atomic mass is 10.2. The van der Waals surface area contributed by atoms with Crippen LogP contribution in [0.1, 0.15) is 21.5 Å². The third-order valence-electron chi connectivity index (χ3n) is 4.13. The Morgan fingerprint density at radius 1 is 1.07 bits per heavy atom. The number of halogens is 3. The number of benzene rings is 3. The minimum Gasteiger partial charge on any atom is -0.416 e. The van der Waals surface area contributed by atoms with Gasteiger partial charge in [0.1, 0.15) is 0 Å². The lowest BCUT2D eigenvalue weighted by molar-refractivity contribution is -0.385. The van der Waals surface area contributed by atoms with E-state index in [0.717, 1.165) is 5.56 Å². The zero-order valence-corrected chi connectivity index (χ0v) is 17.7. The van der Waals surface area contributed by atoms with E-state index in [1.165, 1.54) is 36.5 Å². The van der Waals surface area contributed by atoms with Crippen molar-refractivity contribution in [2.45, 2.75) is 6.92 Å². The van der Waals surface area contributed by atoms with E-state index in [9.17, 15) is 14.9 Å².